The summed E-state index contributed by atoms with van der Waals surface area (Å²) in [4.78, 5) is 27.6. The van der Waals surface area contributed by atoms with Gasteiger partial charge in [-0.15, -0.1) is 0 Å². The Morgan fingerprint density at radius 2 is 1.57 bits per heavy atom. The summed E-state index contributed by atoms with van der Waals surface area (Å²) in [6.45, 7) is 9.89. The third-order valence-electron chi connectivity index (χ3n) is 5.20. The molecule has 0 radical (unpaired) electrons. The van der Waals surface area contributed by atoms with Crippen LogP contribution in [-0.4, -0.2) is 63.0 Å². The van der Waals surface area contributed by atoms with Crippen LogP contribution in [0.4, 0.5) is 17.8 Å². The average Bonchev–Trinajstić information content (AvgIpc) is 2.74. The number of rotatable bonds is 5. The summed E-state index contributed by atoms with van der Waals surface area (Å²) >= 11 is 0. The zero-order valence-electron chi connectivity index (χ0n) is 18.1. The highest BCUT2D eigenvalue weighted by Gasteiger charge is 2.18. The largest absolute Gasteiger partial charge is 0.338 e. The topological polar surface area (TPSA) is 83.0 Å². The Hall–Kier alpha value is -3.13. The van der Waals surface area contributed by atoms with Gasteiger partial charge in [-0.2, -0.15) is 15.0 Å². The van der Waals surface area contributed by atoms with E-state index in [1.165, 1.54) is 5.56 Å². The van der Waals surface area contributed by atoms with Crippen molar-refractivity contribution in [3.63, 3.8) is 0 Å². The molecule has 2 aromatic heterocycles. The molecule has 3 heterocycles. The van der Waals surface area contributed by atoms with Gasteiger partial charge in [-0.05, 0) is 27.0 Å². The zero-order chi connectivity index (χ0) is 21.1. The second-order valence-corrected chi connectivity index (χ2v) is 7.73. The van der Waals surface area contributed by atoms with Gasteiger partial charge in [0.25, 0.3) is 0 Å². The Morgan fingerprint density at radius 3 is 2.27 bits per heavy atom. The van der Waals surface area contributed by atoms with Crippen LogP contribution in [0.3, 0.4) is 0 Å². The van der Waals surface area contributed by atoms with Crippen LogP contribution in [0.15, 0.2) is 30.3 Å². The van der Waals surface area contributed by atoms with Gasteiger partial charge in [0.1, 0.15) is 5.82 Å². The average molecular weight is 405 g/mol. The number of benzene rings is 1. The van der Waals surface area contributed by atoms with Crippen molar-refractivity contribution in [1.82, 2.24) is 29.8 Å². The monoisotopic (exact) mass is 404 g/mol. The van der Waals surface area contributed by atoms with E-state index in [1.807, 2.05) is 19.9 Å². The highest BCUT2D eigenvalue weighted by atomic mass is 15.3. The van der Waals surface area contributed by atoms with E-state index in [1.54, 1.807) is 0 Å². The van der Waals surface area contributed by atoms with Crippen molar-refractivity contribution in [1.29, 1.82) is 0 Å². The summed E-state index contributed by atoms with van der Waals surface area (Å²) in [5, 5.41) is 3.21. The quantitative estimate of drug-likeness (QED) is 0.695. The third kappa shape index (κ3) is 4.71. The van der Waals surface area contributed by atoms with E-state index in [4.69, 9.17) is 4.98 Å². The van der Waals surface area contributed by atoms with Gasteiger partial charge in [-0.25, -0.2) is 9.97 Å². The molecule has 1 aromatic carbocycles. The van der Waals surface area contributed by atoms with Gasteiger partial charge >= 0.3 is 0 Å². The molecule has 156 valence electrons. The minimum absolute atomic E-state index is 0.483. The van der Waals surface area contributed by atoms with Gasteiger partial charge in [0.05, 0.1) is 5.69 Å². The van der Waals surface area contributed by atoms with Crippen molar-refractivity contribution in [2.75, 3.05) is 43.4 Å². The number of piperazine rings is 1. The molecule has 1 N–H and O–H groups in total. The minimum Gasteiger partial charge on any atom is -0.338 e. The van der Waals surface area contributed by atoms with Crippen molar-refractivity contribution in [3.05, 3.63) is 47.4 Å². The van der Waals surface area contributed by atoms with Crippen molar-refractivity contribution in [2.45, 2.75) is 27.2 Å². The molecule has 1 saturated heterocycles. The molecule has 1 aliphatic rings. The maximum absolute atomic E-state index is 4.69. The lowest BCUT2D eigenvalue weighted by Gasteiger charge is -2.32. The van der Waals surface area contributed by atoms with Crippen LogP contribution < -0.4 is 10.2 Å². The number of hydrogen-bond acceptors (Lipinski definition) is 8. The molecule has 0 unspecified atom stereocenters. The molecule has 0 spiro atoms. The van der Waals surface area contributed by atoms with Gasteiger partial charge in [0, 0.05) is 43.9 Å². The fourth-order valence-corrected chi connectivity index (χ4v) is 3.37. The van der Waals surface area contributed by atoms with Crippen LogP contribution in [0.1, 0.15) is 24.0 Å². The molecule has 1 fully saturated rings. The van der Waals surface area contributed by atoms with E-state index in [2.05, 4.69) is 73.3 Å². The second kappa shape index (κ2) is 8.71. The smallest absolute Gasteiger partial charge is 0.234 e. The van der Waals surface area contributed by atoms with E-state index in [9.17, 15) is 0 Å². The minimum atomic E-state index is 0.483. The van der Waals surface area contributed by atoms with Crippen molar-refractivity contribution in [3.8, 4) is 11.3 Å². The molecule has 30 heavy (non-hydrogen) atoms. The maximum Gasteiger partial charge on any atom is 0.234 e. The molecule has 1 aliphatic heterocycles. The Bertz CT molecular complexity index is 1010. The van der Waals surface area contributed by atoms with E-state index in [0.717, 1.165) is 55.4 Å². The fourth-order valence-electron chi connectivity index (χ4n) is 3.37. The van der Waals surface area contributed by atoms with Crippen LogP contribution in [0, 0.1) is 13.8 Å². The van der Waals surface area contributed by atoms with Gasteiger partial charge < -0.3 is 9.80 Å². The second-order valence-electron chi connectivity index (χ2n) is 7.73. The highest BCUT2D eigenvalue weighted by Crippen LogP contribution is 2.21. The normalized spacial score (nSPS) is 14.7. The van der Waals surface area contributed by atoms with Crippen LogP contribution in [-0.2, 0) is 6.42 Å². The standard InChI is InChI=1S/C22H28N8/c1-5-19-25-21(28-22(26-19)30-12-10-29(4)11-13-30)27-20-23-16(3)14-18(24-20)17-8-6-15(2)7-9-17/h6-9,14H,5,10-13H2,1-4H3,(H,23,24,25,26,27,28). The number of nitrogens with one attached hydrogen (secondary N) is 1. The Morgan fingerprint density at radius 1 is 0.867 bits per heavy atom. The number of hydrogen-bond donors (Lipinski definition) is 1. The zero-order valence-corrected chi connectivity index (χ0v) is 18.1. The number of aryl methyl sites for hydroxylation is 3. The van der Waals surface area contributed by atoms with Crippen LogP contribution in [0.5, 0.6) is 0 Å². The lowest BCUT2D eigenvalue weighted by molar-refractivity contribution is 0.311. The molecule has 3 aromatic rings. The van der Waals surface area contributed by atoms with Crippen LogP contribution in [0.2, 0.25) is 0 Å². The lowest BCUT2D eigenvalue weighted by Crippen LogP contribution is -2.45. The number of nitrogens with zero attached hydrogens (tertiary/aromatic N) is 7. The van der Waals surface area contributed by atoms with E-state index < -0.39 is 0 Å². The third-order valence-corrected chi connectivity index (χ3v) is 5.20. The number of aromatic nitrogens is 5. The molecule has 0 bridgehead atoms. The van der Waals surface area contributed by atoms with E-state index >= 15 is 0 Å². The Balaban J connectivity index is 1.62. The fraction of sp³-hybridized carbons (Fsp3) is 0.409. The first-order valence-corrected chi connectivity index (χ1v) is 10.4. The Kier molecular flexibility index (Phi) is 5.85. The summed E-state index contributed by atoms with van der Waals surface area (Å²) in [5.74, 6) is 2.44. The van der Waals surface area contributed by atoms with Gasteiger partial charge in [0.15, 0.2) is 0 Å². The number of likely N-dealkylation sites (N-methyl/N-ethyl adjacent to an activating group) is 1. The molecule has 0 amide bonds. The summed E-state index contributed by atoms with van der Waals surface area (Å²) < 4.78 is 0. The lowest BCUT2D eigenvalue weighted by atomic mass is 10.1. The first-order chi connectivity index (χ1) is 14.5. The van der Waals surface area contributed by atoms with Crippen molar-refractivity contribution < 1.29 is 0 Å². The predicted molar refractivity (Wildman–Crippen MR) is 119 cm³/mol. The summed E-state index contributed by atoms with van der Waals surface area (Å²) in [5.41, 5.74) is 4.02. The van der Waals surface area contributed by atoms with E-state index in [-0.39, 0.29) is 0 Å². The SMILES string of the molecule is CCc1nc(Nc2nc(C)cc(-c3ccc(C)cc3)n2)nc(N2CCN(C)CC2)n1. The summed E-state index contributed by atoms with van der Waals surface area (Å²) in [6.07, 6.45) is 0.737. The number of anilines is 3. The van der Waals surface area contributed by atoms with Gasteiger partial charge in [-0.3, -0.25) is 5.32 Å². The molecule has 0 saturated carbocycles. The maximum atomic E-state index is 4.69. The highest BCUT2D eigenvalue weighted by molar-refractivity contribution is 5.62. The molecule has 0 atom stereocenters. The molecular formula is C22H28N8. The van der Waals surface area contributed by atoms with Gasteiger partial charge in [0.2, 0.25) is 17.8 Å². The summed E-state index contributed by atoms with van der Waals surface area (Å²) in [6, 6.07) is 10.3. The van der Waals surface area contributed by atoms with Crippen LogP contribution >= 0.6 is 0 Å². The van der Waals surface area contributed by atoms with Crippen molar-refractivity contribution >= 4 is 17.8 Å². The molecular weight excluding hydrogens is 376 g/mol. The van der Waals surface area contributed by atoms with Gasteiger partial charge in [-0.1, -0.05) is 36.8 Å². The first kappa shape index (κ1) is 20.2. The Labute approximate surface area is 177 Å². The van der Waals surface area contributed by atoms with Crippen LogP contribution in [0.25, 0.3) is 11.3 Å². The molecule has 8 heteroatoms. The van der Waals surface area contributed by atoms with Crippen molar-refractivity contribution in [2.24, 2.45) is 0 Å². The predicted octanol–water partition coefficient (Wildman–Crippen LogP) is 3.00. The van der Waals surface area contributed by atoms with E-state index in [0.29, 0.717) is 17.8 Å². The molecule has 4 rings (SSSR count). The summed E-state index contributed by atoms with van der Waals surface area (Å²) in [7, 11) is 2.13. The first-order valence-electron chi connectivity index (χ1n) is 10.4. The molecule has 8 nitrogen and oxygen atoms in total. The molecule has 0 aliphatic carbocycles.